The molecule has 1 aliphatic rings. The fraction of sp³-hybridized carbons (Fsp3) is 0.444. The molecule has 1 amide bonds. The molecule has 1 N–H and O–H groups in total. The average Bonchev–Trinajstić information content (AvgIpc) is 3.21. The molecule has 1 aliphatic carbocycles. The zero-order chi connectivity index (χ0) is 17.1. The molecule has 1 unspecified atom stereocenters. The van der Waals surface area contributed by atoms with E-state index in [0.717, 1.165) is 17.8 Å². The van der Waals surface area contributed by atoms with Crippen LogP contribution in [-0.2, 0) is 27.2 Å². The highest BCUT2D eigenvalue weighted by molar-refractivity contribution is 7.15. The minimum Gasteiger partial charge on any atom is -0.469 e. The number of carbonyl (C=O) groups excluding carboxylic acids is 2. The molecule has 2 aromatic heterocycles. The highest BCUT2D eigenvalue weighted by atomic mass is 32.1. The number of aryl methyl sites for hydroxylation is 1. The molecule has 2 aromatic rings. The van der Waals surface area contributed by atoms with Crippen molar-refractivity contribution in [3.8, 4) is 5.00 Å². The predicted molar refractivity (Wildman–Crippen MR) is 93.5 cm³/mol. The molecule has 128 valence electrons. The van der Waals surface area contributed by atoms with Gasteiger partial charge in [-0.2, -0.15) is 0 Å². The molecule has 0 spiro atoms. The van der Waals surface area contributed by atoms with Gasteiger partial charge in [-0.1, -0.05) is 0 Å². The molecule has 3 rings (SSSR count). The van der Waals surface area contributed by atoms with E-state index in [4.69, 9.17) is 0 Å². The summed E-state index contributed by atoms with van der Waals surface area (Å²) in [5.41, 5.74) is 2.56. The number of rotatable bonds is 5. The number of amides is 1. The van der Waals surface area contributed by atoms with Crippen molar-refractivity contribution in [1.29, 1.82) is 0 Å². The van der Waals surface area contributed by atoms with E-state index in [2.05, 4.69) is 14.6 Å². The van der Waals surface area contributed by atoms with Gasteiger partial charge in [-0.05, 0) is 50.3 Å². The molecule has 0 saturated heterocycles. The lowest BCUT2D eigenvalue weighted by Gasteiger charge is -2.19. The van der Waals surface area contributed by atoms with Crippen molar-refractivity contribution in [2.75, 3.05) is 7.11 Å². The van der Waals surface area contributed by atoms with E-state index >= 15 is 0 Å². The van der Waals surface area contributed by atoms with Gasteiger partial charge in [0.2, 0.25) is 5.91 Å². The first-order chi connectivity index (χ1) is 11.6. The maximum Gasteiger partial charge on any atom is 0.315 e. The summed E-state index contributed by atoms with van der Waals surface area (Å²) in [6.07, 6.45) is 8.39. The highest BCUT2D eigenvalue weighted by Gasteiger charge is 2.26. The molecule has 0 radical (unpaired) electrons. The lowest BCUT2D eigenvalue weighted by Crippen LogP contribution is -2.29. The van der Waals surface area contributed by atoms with Crippen LogP contribution in [0, 0.1) is 0 Å². The van der Waals surface area contributed by atoms with E-state index in [0.29, 0.717) is 0 Å². The molecule has 0 bridgehead atoms. The molecule has 5 nitrogen and oxygen atoms in total. The summed E-state index contributed by atoms with van der Waals surface area (Å²) >= 11 is 1.81. The number of thiophene rings is 1. The Morgan fingerprint density at radius 2 is 2.00 bits per heavy atom. The molecule has 24 heavy (non-hydrogen) atoms. The van der Waals surface area contributed by atoms with Gasteiger partial charge in [-0.25, -0.2) is 0 Å². The van der Waals surface area contributed by atoms with Gasteiger partial charge in [0.1, 0.15) is 11.4 Å². The number of carbonyl (C=O) groups is 2. The van der Waals surface area contributed by atoms with Crippen LogP contribution in [0.15, 0.2) is 24.5 Å². The van der Waals surface area contributed by atoms with Gasteiger partial charge >= 0.3 is 5.97 Å². The summed E-state index contributed by atoms with van der Waals surface area (Å²) in [6, 6.07) is 3.86. The third kappa shape index (κ3) is 3.38. The summed E-state index contributed by atoms with van der Waals surface area (Å²) in [4.78, 5) is 24.8. The first-order valence-electron chi connectivity index (χ1n) is 8.24. The average molecular weight is 346 g/mol. The fourth-order valence-corrected chi connectivity index (χ4v) is 4.70. The second-order valence-electron chi connectivity index (χ2n) is 6.06. The Bertz CT molecular complexity index is 734. The summed E-state index contributed by atoms with van der Waals surface area (Å²) in [6.45, 7) is 1.99. The van der Waals surface area contributed by atoms with Crippen LogP contribution in [0.5, 0.6) is 0 Å². The summed E-state index contributed by atoms with van der Waals surface area (Å²) in [7, 11) is 1.29. The molecule has 0 fully saturated rings. The normalized spacial score (nSPS) is 14.8. The Kier molecular flexibility index (Phi) is 5.04. The van der Waals surface area contributed by atoms with E-state index in [1.54, 1.807) is 0 Å². The van der Waals surface area contributed by atoms with Crippen LogP contribution in [-0.4, -0.2) is 23.6 Å². The molecule has 2 heterocycles. The molecule has 6 heteroatoms. The number of ether oxygens (including phenoxy) is 1. The Hall–Kier alpha value is -2.08. The predicted octanol–water partition coefficient (Wildman–Crippen LogP) is 3.16. The number of esters is 1. The van der Waals surface area contributed by atoms with E-state index in [1.807, 2.05) is 42.8 Å². The lowest BCUT2D eigenvalue weighted by atomic mass is 9.92. The van der Waals surface area contributed by atoms with E-state index < -0.39 is 5.97 Å². The standard InChI is InChI=1S/C18H22N2O3S/c1-12(19-15(21)11-16(22)23-2)17-13-7-3-4-8-14(13)24-18(17)20-9-5-6-10-20/h5-6,9-10,12H,3-4,7-8,11H2,1-2H3,(H,19,21). The van der Waals surface area contributed by atoms with Crippen LogP contribution in [0.2, 0.25) is 0 Å². The van der Waals surface area contributed by atoms with Crippen molar-refractivity contribution >= 4 is 23.2 Å². The molecule has 1 atom stereocenters. The third-order valence-electron chi connectivity index (χ3n) is 4.37. The quantitative estimate of drug-likeness (QED) is 0.668. The highest BCUT2D eigenvalue weighted by Crippen LogP contribution is 2.40. The second-order valence-corrected chi connectivity index (χ2v) is 7.15. The zero-order valence-electron chi connectivity index (χ0n) is 14.0. The van der Waals surface area contributed by atoms with E-state index in [-0.39, 0.29) is 18.4 Å². The number of hydrogen-bond donors (Lipinski definition) is 1. The van der Waals surface area contributed by atoms with Gasteiger partial charge in [0.25, 0.3) is 0 Å². The number of methoxy groups -OCH3 is 1. The Morgan fingerprint density at radius 1 is 1.29 bits per heavy atom. The van der Waals surface area contributed by atoms with Crippen LogP contribution >= 0.6 is 11.3 Å². The Labute approximate surface area is 145 Å². The fourth-order valence-electron chi connectivity index (χ4n) is 3.25. The van der Waals surface area contributed by atoms with Crippen molar-refractivity contribution in [3.63, 3.8) is 0 Å². The van der Waals surface area contributed by atoms with Crippen LogP contribution in [0.1, 0.15) is 48.2 Å². The smallest absolute Gasteiger partial charge is 0.315 e. The minimum atomic E-state index is -0.516. The van der Waals surface area contributed by atoms with Crippen LogP contribution < -0.4 is 5.32 Å². The summed E-state index contributed by atoms with van der Waals surface area (Å²) in [5.74, 6) is -0.818. The van der Waals surface area contributed by atoms with Crippen molar-refractivity contribution in [1.82, 2.24) is 9.88 Å². The van der Waals surface area contributed by atoms with Crippen molar-refractivity contribution in [2.45, 2.75) is 45.1 Å². The Morgan fingerprint density at radius 3 is 2.71 bits per heavy atom. The van der Waals surface area contributed by atoms with Crippen LogP contribution in [0.25, 0.3) is 5.00 Å². The maximum atomic E-state index is 12.1. The lowest BCUT2D eigenvalue weighted by molar-refractivity contribution is -0.143. The number of nitrogens with one attached hydrogen (secondary N) is 1. The van der Waals surface area contributed by atoms with Crippen LogP contribution in [0.3, 0.4) is 0 Å². The second kappa shape index (κ2) is 7.21. The number of nitrogens with zero attached hydrogens (tertiary/aromatic N) is 1. The monoisotopic (exact) mass is 346 g/mol. The first-order valence-corrected chi connectivity index (χ1v) is 9.05. The molecular weight excluding hydrogens is 324 g/mol. The SMILES string of the molecule is COC(=O)CC(=O)NC(C)c1c(-n2cccc2)sc2c1CCCC2. The summed E-state index contributed by atoms with van der Waals surface area (Å²) < 4.78 is 6.68. The van der Waals surface area contributed by atoms with E-state index in [9.17, 15) is 9.59 Å². The van der Waals surface area contributed by atoms with Gasteiger partial charge in [-0.15, -0.1) is 11.3 Å². The molecular formula is C18H22N2O3S. The van der Waals surface area contributed by atoms with Gasteiger partial charge in [-0.3, -0.25) is 9.59 Å². The molecule has 0 aliphatic heterocycles. The third-order valence-corrected chi connectivity index (χ3v) is 5.70. The van der Waals surface area contributed by atoms with Gasteiger partial charge < -0.3 is 14.6 Å². The van der Waals surface area contributed by atoms with Gasteiger partial charge in [0, 0.05) is 22.8 Å². The Balaban J connectivity index is 1.89. The summed E-state index contributed by atoms with van der Waals surface area (Å²) in [5, 5.41) is 4.12. The zero-order valence-corrected chi connectivity index (χ0v) is 14.8. The van der Waals surface area contributed by atoms with Gasteiger partial charge in [0.15, 0.2) is 0 Å². The molecule has 0 aromatic carbocycles. The van der Waals surface area contributed by atoms with Crippen molar-refractivity contribution in [3.05, 3.63) is 40.5 Å². The molecule has 0 saturated carbocycles. The number of fused-ring (bicyclic) bond motifs is 1. The van der Waals surface area contributed by atoms with Gasteiger partial charge in [0.05, 0.1) is 13.2 Å². The maximum absolute atomic E-state index is 12.1. The first kappa shape index (κ1) is 16.8. The van der Waals surface area contributed by atoms with Crippen LogP contribution in [0.4, 0.5) is 0 Å². The minimum absolute atomic E-state index is 0.141. The van der Waals surface area contributed by atoms with E-state index in [1.165, 1.54) is 36.0 Å². The largest absolute Gasteiger partial charge is 0.469 e. The van der Waals surface area contributed by atoms with Crippen molar-refractivity contribution < 1.29 is 14.3 Å². The number of hydrogen-bond acceptors (Lipinski definition) is 4. The topological polar surface area (TPSA) is 60.3 Å². The number of aromatic nitrogens is 1. The van der Waals surface area contributed by atoms with Crippen molar-refractivity contribution in [2.24, 2.45) is 0 Å².